The Morgan fingerprint density at radius 2 is 0.597 bits per heavy atom. The molecule has 11 aromatic carbocycles. The van der Waals surface area contributed by atoms with Crippen molar-refractivity contribution >= 4 is 127 Å². The second-order valence-corrected chi connectivity index (χ2v) is 19.2. The molecule has 0 saturated heterocycles. The van der Waals surface area contributed by atoms with Crippen LogP contribution in [0.4, 0.5) is 51.2 Å². The van der Waals surface area contributed by atoms with Gasteiger partial charge >= 0.3 is 0 Å². The fourth-order valence-electron chi connectivity index (χ4n) is 10.5. The van der Waals surface area contributed by atoms with Crippen molar-refractivity contribution < 1.29 is 8.83 Å². The molecule has 0 aliphatic rings. The average molecular weight is 942 g/mol. The summed E-state index contributed by atoms with van der Waals surface area (Å²) in [5.41, 5.74) is 14.9. The first-order valence-corrected chi connectivity index (χ1v) is 25.0. The Kier molecular flexibility index (Phi) is 9.96. The summed E-state index contributed by atoms with van der Waals surface area (Å²) in [5.74, 6) is 0. The van der Waals surface area contributed by atoms with Gasteiger partial charge in [0.25, 0.3) is 0 Å². The molecule has 340 valence electrons. The monoisotopic (exact) mass is 941 g/mol. The van der Waals surface area contributed by atoms with E-state index in [-0.39, 0.29) is 0 Å². The van der Waals surface area contributed by atoms with Crippen LogP contribution >= 0.6 is 11.3 Å². The fraction of sp³-hybridized carbons (Fsp3) is 0. The van der Waals surface area contributed by atoms with Gasteiger partial charge in [0.1, 0.15) is 22.3 Å². The summed E-state index contributed by atoms with van der Waals surface area (Å²) in [6.45, 7) is 0. The summed E-state index contributed by atoms with van der Waals surface area (Å²) in [7, 11) is 0. The summed E-state index contributed by atoms with van der Waals surface area (Å²) in [5, 5.41) is 6.87. The van der Waals surface area contributed by atoms with Crippen molar-refractivity contribution in [3.8, 4) is 11.1 Å². The smallest absolute Gasteiger partial charge is 0.135 e. The number of benzene rings is 11. The lowest BCUT2D eigenvalue weighted by atomic mass is 10.0. The molecular formula is C66H43N3O2S. The first-order valence-electron chi connectivity index (χ1n) is 24.2. The van der Waals surface area contributed by atoms with Gasteiger partial charge in [-0.25, -0.2) is 0 Å². The molecule has 0 bridgehead atoms. The Labute approximate surface area is 419 Å². The number of fused-ring (bicyclic) bond motifs is 9. The van der Waals surface area contributed by atoms with E-state index in [1.165, 1.54) is 25.7 Å². The lowest BCUT2D eigenvalue weighted by molar-refractivity contribution is 0.668. The topological polar surface area (TPSA) is 36.0 Å². The molecule has 0 atom stereocenters. The maximum atomic E-state index is 6.38. The van der Waals surface area contributed by atoms with Crippen LogP contribution in [0.25, 0.3) is 75.2 Å². The van der Waals surface area contributed by atoms with Gasteiger partial charge in [0.2, 0.25) is 0 Å². The van der Waals surface area contributed by atoms with Gasteiger partial charge in [0.05, 0.1) is 17.1 Å². The maximum Gasteiger partial charge on any atom is 0.135 e. The molecule has 0 unspecified atom stereocenters. The van der Waals surface area contributed by atoms with Crippen LogP contribution in [-0.2, 0) is 0 Å². The van der Waals surface area contributed by atoms with Crippen molar-refractivity contribution in [2.75, 3.05) is 14.7 Å². The molecule has 14 aromatic rings. The summed E-state index contributed by atoms with van der Waals surface area (Å²) in [4.78, 5) is 7.10. The van der Waals surface area contributed by atoms with Crippen LogP contribution in [0.5, 0.6) is 0 Å². The van der Waals surface area contributed by atoms with Gasteiger partial charge in [0.15, 0.2) is 0 Å². The van der Waals surface area contributed by atoms with E-state index in [0.717, 1.165) is 101 Å². The molecule has 3 heterocycles. The molecule has 0 spiro atoms. The quantitative estimate of drug-likeness (QED) is 0.137. The van der Waals surface area contributed by atoms with E-state index >= 15 is 0 Å². The molecule has 14 rings (SSSR count). The van der Waals surface area contributed by atoms with E-state index < -0.39 is 0 Å². The number of furan rings is 2. The molecular weight excluding hydrogens is 899 g/mol. The van der Waals surface area contributed by atoms with Crippen molar-refractivity contribution in [1.82, 2.24) is 0 Å². The Hall–Kier alpha value is -9.36. The highest BCUT2D eigenvalue weighted by Gasteiger charge is 2.24. The summed E-state index contributed by atoms with van der Waals surface area (Å²) in [6, 6.07) is 93.1. The third-order valence-corrected chi connectivity index (χ3v) is 14.9. The van der Waals surface area contributed by atoms with Gasteiger partial charge in [-0.05, 0) is 145 Å². The van der Waals surface area contributed by atoms with Crippen molar-refractivity contribution in [3.63, 3.8) is 0 Å². The molecule has 0 aliphatic heterocycles. The Morgan fingerprint density at radius 1 is 0.222 bits per heavy atom. The van der Waals surface area contributed by atoms with E-state index in [1.54, 1.807) is 0 Å². The van der Waals surface area contributed by atoms with Crippen LogP contribution in [0.2, 0.25) is 0 Å². The van der Waals surface area contributed by atoms with Crippen molar-refractivity contribution in [2.24, 2.45) is 0 Å². The highest BCUT2D eigenvalue weighted by atomic mass is 32.1. The molecule has 0 aliphatic carbocycles. The lowest BCUT2D eigenvalue weighted by Crippen LogP contribution is -2.16. The number of nitrogens with zero attached hydrogens (tertiary/aromatic N) is 3. The second-order valence-electron chi connectivity index (χ2n) is 18.1. The lowest BCUT2D eigenvalue weighted by Gasteiger charge is -2.33. The van der Waals surface area contributed by atoms with Gasteiger partial charge in [-0.2, -0.15) is 0 Å². The minimum Gasteiger partial charge on any atom is -0.456 e. The predicted molar refractivity (Wildman–Crippen MR) is 303 cm³/mol. The molecule has 72 heavy (non-hydrogen) atoms. The van der Waals surface area contributed by atoms with Crippen LogP contribution in [-0.4, -0.2) is 0 Å². The Morgan fingerprint density at radius 3 is 1.11 bits per heavy atom. The molecule has 0 N–H and O–H groups in total. The van der Waals surface area contributed by atoms with Crippen LogP contribution < -0.4 is 14.7 Å². The molecule has 0 saturated carbocycles. The van der Waals surface area contributed by atoms with E-state index in [4.69, 9.17) is 8.83 Å². The van der Waals surface area contributed by atoms with Crippen LogP contribution in [0.1, 0.15) is 0 Å². The van der Waals surface area contributed by atoms with Gasteiger partial charge in [-0.3, -0.25) is 0 Å². The van der Waals surface area contributed by atoms with Gasteiger partial charge < -0.3 is 23.5 Å². The summed E-state index contributed by atoms with van der Waals surface area (Å²) >= 11 is 1.85. The standard InChI is InChI=1S/C66H43N3O2S/c1-4-16-46(17-5-1)67(49-31-28-44(29-32-49)45-30-37-66-60(38-45)57-24-12-15-27-65(57)72-66)52-39-53(68(47-18-6-2-7-19-47)50-33-35-63-58(42-50)55-22-10-13-25-61(55)70-63)41-54(40-52)69(48-20-8-3-9-21-48)51-34-36-64-59(43-51)56-23-11-14-26-62(56)71-64/h1-43H. The number of anilines is 9. The largest absolute Gasteiger partial charge is 0.456 e. The van der Waals surface area contributed by atoms with Crippen LogP contribution in [0.15, 0.2) is 270 Å². The zero-order valence-electron chi connectivity index (χ0n) is 38.9. The van der Waals surface area contributed by atoms with E-state index in [9.17, 15) is 0 Å². The number of rotatable bonds is 10. The van der Waals surface area contributed by atoms with E-state index in [1.807, 2.05) is 35.6 Å². The van der Waals surface area contributed by atoms with Crippen molar-refractivity contribution in [2.45, 2.75) is 0 Å². The summed E-state index contributed by atoms with van der Waals surface area (Å²) < 4.78 is 15.4. The number of hydrogen-bond acceptors (Lipinski definition) is 6. The molecule has 0 fully saturated rings. The van der Waals surface area contributed by atoms with Crippen molar-refractivity contribution in [3.05, 3.63) is 261 Å². The predicted octanol–water partition coefficient (Wildman–Crippen LogP) is 19.9. The third-order valence-electron chi connectivity index (χ3n) is 13.8. The first kappa shape index (κ1) is 41.6. The number of para-hydroxylation sites is 5. The third kappa shape index (κ3) is 7.24. The zero-order valence-corrected chi connectivity index (χ0v) is 39.7. The molecule has 0 radical (unpaired) electrons. The fourth-order valence-corrected chi connectivity index (χ4v) is 11.5. The molecule has 6 heteroatoms. The average Bonchev–Trinajstić information content (AvgIpc) is 4.13. The first-order chi connectivity index (χ1) is 35.7. The normalized spacial score (nSPS) is 11.6. The van der Waals surface area contributed by atoms with Gasteiger partial charge in [-0.1, -0.05) is 127 Å². The minimum absolute atomic E-state index is 0.849. The van der Waals surface area contributed by atoms with Crippen molar-refractivity contribution in [1.29, 1.82) is 0 Å². The highest BCUT2D eigenvalue weighted by Crippen LogP contribution is 2.48. The maximum absolute atomic E-state index is 6.38. The van der Waals surface area contributed by atoms with Gasteiger partial charge in [0, 0.05) is 75.8 Å². The molecule has 5 nitrogen and oxygen atoms in total. The van der Waals surface area contributed by atoms with Crippen LogP contribution in [0.3, 0.4) is 0 Å². The Balaban J connectivity index is 0.996. The molecule has 0 amide bonds. The zero-order chi connectivity index (χ0) is 47.5. The van der Waals surface area contributed by atoms with E-state index in [2.05, 4.69) is 251 Å². The summed E-state index contributed by atoms with van der Waals surface area (Å²) in [6.07, 6.45) is 0. The van der Waals surface area contributed by atoms with E-state index in [0.29, 0.717) is 0 Å². The van der Waals surface area contributed by atoms with Crippen LogP contribution in [0, 0.1) is 0 Å². The Bertz CT molecular complexity index is 4120. The van der Waals surface area contributed by atoms with Gasteiger partial charge in [-0.15, -0.1) is 11.3 Å². The number of thiophene rings is 1. The molecule has 3 aromatic heterocycles. The SMILES string of the molecule is c1ccc(N(c2ccc(-c3ccc4sc5ccccc5c4c3)cc2)c2cc(N(c3ccccc3)c3ccc4oc5ccccc5c4c3)cc(N(c3ccccc3)c3ccc4oc5ccccc5c4c3)c2)cc1. The highest BCUT2D eigenvalue weighted by molar-refractivity contribution is 7.25. The number of hydrogen-bond donors (Lipinski definition) is 0. The minimum atomic E-state index is 0.849. The second kappa shape index (κ2) is 17.2.